The highest BCUT2D eigenvalue weighted by Gasteiger charge is 2.29. The molecule has 0 saturated heterocycles. The molecule has 0 heterocycles. The van der Waals surface area contributed by atoms with Crippen molar-refractivity contribution >= 4 is 16.0 Å². The van der Waals surface area contributed by atoms with Gasteiger partial charge in [-0.3, -0.25) is 4.79 Å². The molecule has 0 fully saturated rings. The molecule has 0 saturated carbocycles. The standard InChI is InChI=1S/C12H14F3NO4S/c1-3-16(7-6-10(17)20-2)21(18,19)9-5-4-8(13)11(14)12(9)15/h4-5H,3,6-7H2,1-2H3. The van der Waals surface area contributed by atoms with E-state index >= 15 is 0 Å². The van der Waals surface area contributed by atoms with Crippen LogP contribution in [0.25, 0.3) is 0 Å². The van der Waals surface area contributed by atoms with Gasteiger partial charge in [0.15, 0.2) is 17.5 Å². The van der Waals surface area contributed by atoms with E-state index in [0.717, 1.165) is 11.4 Å². The summed E-state index contributed by atoms with van der Waals surface area (Å²) >= 11 is 0. The van der Waals surface area contributed by atoms with Crippen molar-refractivity contribution in [3.63, 3.8) is 0 Å². The van der Waals surface area contributed by atoms with Crippen LogP contribution in [0, 0.1) is 17.5 Å². The van der Waals surface area contributed by atoms with Crippen LogP contribution in [0.15, 0.2) is 17.0 Å². The topological polar surface area (TPSA) is 63.7 Å². The molecule has 1 aromatic carbocycles. The van der Waals surface area contributed by atoms with E-state index in [-0.39, 0.29) is 19.5 Å². The fourth-order valence-corrected chi connectivity index (χ4v) is 3.12. The maximum atomic E-state index is 13.6. The van der Waals surface area contributed by atoms with E-state index in [0.29, 0.717) is 12.1 Å². The molecular weight excluding hydrogens is 311 g/mol. The maximum absolute atomic E-state index is 13.6. The van der Waals surface area contributed by atoms with Gasteiger partial charge in [-0.1, -0.05) is 6.92 Å². The number of carbonyl (C=O) groups is 1. The molecule has 0 bridgehead atoms. The summed E-state index contributed by atoms with van der Waals surface area (Å²) in [7, 11) is -3.24. The van der Waals surface area contributed by atoms with E-state index in [4.69, 9.17) is 0 Å². The summed E-state index contributed by atoms with van der Waals surface area (Å²) in [6, 6.07) is 1.17. The van der Waals surface area contributed by atoms with E-state index in [1.165, 1.54) is 6.92 Å². The average molecular weight is 325 g/mol. The van der Waals surface area contributed by atoms with Crippen LogP contribution in [0.1, 0.15) is 13.3 Å². The molecule has 21 heavy (non-hydrogen) atoms. The number of halogens is 3. The Morgan fingerprint density at radius 2 is 1.86 bits per heavy atom. The summed E-state index contributed by atoms with van der Waals surface area (Å²) in [6.45, 7) is 1.13. The minimum Gasteiger partial charge on any atom is -0.469 e. The lowest BCUT2D eigenvalue weighted by Gasteiger charge is -2.20. The van der Waals surface area contributed by atoms with Gasteiger partial charge >= 0.3 is 5.97 Å². The molecule has 0 aliphatic carbocycles. The monoisotopic (exact) mass is 325 g/mol. The molecule has 5 nitrogen and oxygen atoms in total. The zero-order valence-corrected chi connectivity index (χ0v) is 12.2. The number of sulfonamides is 1. The van der Waals surface area contributed by atoms with Crippen LogP contribution in [0.5, 0.6) is 0 Å². The molecule has 0 spiro atoms. The van der Waals surface area contributed by atoms with Crippen molar-refractivity contribution in [3.8, 4) is 0 Å². The molecule has 9 heteroatoms. The average Bonchev–Trinajstić information content (AvgIpc) is 2.44. The summed E-state index contributed by atoms with van der Waals surface area (Å²) in [5.74, 6) is -5.77. The zero-order chi connectivity index (χ0) is 16.2. The van der Waals surface area contributed by atoms with Gasteiger partial charge in [-0.25, -0.2) is 21.6 Å². The van der Waals surface area contributed by atoms with Gasteiger partial charge in [-0.15, -0.1) is 0 Å². The van der Waals surface area contributed by atoms with Crippen molar-refractivity contribution in [1.82, 2.24) is 4.31 Å². The molecule has 0 aliphatic rings. The Kier molecular flexibility index (Phi) is 5.73. The Labute approximate surface area is 120 Å². The van der Waals surface area contributed by atoms with Crippen molar-refractivity contribution in [2.24, 2.45) is 0 Å². The number of rotatable bonds is 6. The smallest absolute Gasteiger partial charge is 0.306 e. The third kappa shape index (κ3) is 3.73. The van der Waals surface area contributed by atoms with Crippen molar-refractivity contribution in [1.29, 1.82) is 0 Å². The number of methoxy groups -OCH3 is 1. The van der Waals surface area contributed by atoms with Crippen LogP contribution in [-0.4, -0.2) is 38.9 Å². The first-order valence-electron chi connectivity index (χ1n) is 5.96. The quantitative estimate of drug-likeness (QED) is 0.590. The third-order valence-corrected chi connectivity index (χ3v) is 4.76. The first kappa shape index (κ1) is 17.4. The lowest BCUT2D eigenvalue weighted by atomic mass is 10.3. The summed E-state index contributed by atoms with van der Waals surface area (Å²) in [5.41, 5.74) is 0. The highest BCUT2D eigenvalue weighted by molar-refractivity contribution is 7.89. The lowest BCUT2D eigenvalue weighted by molar-refractivity contribution is -0.140. The summed E-state index contributed by atoms with van der Waals surface area (Å²) < 4.78 is 69.1. The van der Waals surface area contributed by atoms with Crippen LogP contribution >= 0.6 is 0 Å². The van der Waals surface area contributed by atoms with Gasteiger partial charge in [0.2, 0.25) is 10.0 Å². The van der Waals surface area contributed by atoms with Gasteiger partial charge in [0, 0.05) is 13.1 Å². The molecule has 0 N–H and O–H groups in total. The Bertz CT molecular complexity index is 634. The number of hydrogen-bond donors (Lipinski definition) is 0. The van der Waals surface area contributed by atoms with Gasteiger partial charge in [-0.2, -0.15) is 4.31 Å². The summed E-state index contributed by atoms with van der Waals surface area (Å²) in [5, 5.41) is 0. The molecule has 0 aliphatic heterocycles. The first-order valence-corrected chi connectivity index (χ1v) is 7.40. The van der Waals surface area contributed by atoms with Gasteiger partial charge in [-0.05, 0) is 12.1 Å². The Balaban J connectivity index is 3.13. The second-order valence-corrected chi connectivity index (χ2v) is 5.90. The van der Waals surface area contributed by atoms with Crippen LogP contribution in [0.2, 0.25) is 0 Å². The van der Waals surface area contributed by atoms with Crippen molar-refractivity contribution in [2.75, 3.05) is 20.2 Å². The molecule has 0 radical (unpaired) electrons. The second kappa shape index (κ2) is 6.90. The number of hydrogen-bond acceptors (Lipinski definition) is 4. The minimum atomic E-state index is -4.38. The number of ether oxygens (including phenoxy) is 1. The number of nitrogens with zero attached hydrogens (tertiary/aromatic N) is 1. The molecule has 1 rings (SSSR count). The Morgan fingerprint density at radius 3 is 2.38 bits per heavy atom. The van der Waals surface area contributed by atoms with Gasteiger partial charge in [0.1, 0.15) is 4.90 Å². The fourth-order valence-electron chi connectivity index (χ4n) is 1.61. The van der Waals surface area contributed by atoms with Gasteiger partial charge in [0.25, 0.3) is 0 Å². The number of carbonyl (C=O) groups excluding carboxylic acids is 1. The van der Waals surface area contributed by atoms with Crippen LogP contribution < -0.4 is 0 Å². The molecule has 0 atom stereocenters. The van der Waals surface area contributed by atoms with E-state index < -0.39 is 38.3 Å². The van der Waals surface area contributed by atoms with Crippen LogP contribution in [-0.2, 0) is 19.6 Å². The van der Waals surface area contributed by atoms with Crippen molar-refractivity contribution < 1.29 is 31.1 Å². The first-order chi connectivity index (χ1) is 9.75. The van der Waals surface area contributed by atoms with Crippen LogP contribution in [0.3, 0.4) is 0 Å². The molecule has 0 amide bonds. The fraction of sp³-hybridized carbons (Fsp3) is 0.417. The number of esters is 1. The normalized spacial score (nSPS) is 11.7. The van der Waals surface area contributed by atoms with Crippen molar-refractivity contribution in [3.05, 3.63) is 29.6 Å². The SMILES string of the molecule is CCN(CCC(=O)OC)S(=O)(=O)c1ccc(F)c(F)c1F. The lowest BCUT2D eigenvalue weighted by Crippen LogP contribution is -2.33. The minimum absolute atomic E-state index is 0.0717. The molecule has 118 valence electrons. The van der Waals surface area contributed by atoms with E-state index in [9.17, 15) is 26.4 Å². The predicted octanol–water partition coefficient (Wildman–Crippen LogP) is 1.68. The van der Waals surface area contributed by atoms with Gasteiger partial charge < -0.3 is 4.74 Å². The highest BCUT2D eigenvalue weighted by atomic mass is 32.2. The molecule has 0 aromatic heterocycles. The van der Waals surface area contributed by atoms with Crippen LogP contribution in [0.4, 0.5) is 13.2 Å². The Hall–Kier alpha value is -1.61. The molecular formula is C12H14F3NO4S. The maximum Gasteiger partial charge on any atom is 0.306 e. The van der Waals surface area contributed by atoms with E-state index in [2.05, 4.69) is 4.74 Å². The number of benzene rings is 1. The Morgan fingerprint density at radius 1 is 1.24 bits per heavy atom. The largest absolute Gasteiger partial charge is 0.469 e. The second-order valence-electron chi connectivity index (χ2n) is 4.00. The highest BCUT2D eigenvalue weighted by Crippen LogP contribution is 2.23. The van der Waals surface area contributed by atoms with E-state index in [1.54, 1.807) is 0 Å². The van der Waals surface area contributed by atoms with Crippen molar-refractivity contribution in [2.45, 2.75) is 18.2 Å². The summed E-state index contributed by atoms with van der Waals surface area (Å²) in [4.78, 5) is 10.1. The predicted molar refractivity (Wildman–Crippen MR) is 67.4 cm³/mol. The third-order valence-electron chi connectivity index (χ3n) is 2.76. The molecule has 0 unspecified atom stereocenters. The summed E-state index contributed by atoms with van der Waals surface area (Å²) in [6.07, 6.45) is -0.241. The zero-order valence-electron chi connectivity index (χ0n) is 11.4. The van der Waals surface area contributed by atoms with Gasteiger partial charge in [0.05, 0.1) is 13.5 Å². The van der Waals surface area contributed by atoms with E-state index in [1.807, 2.05) is 0 Å². The molecule has 1 aromatic rings.